The van der Waals surface area contributed by atoms with Gasteiger partial charge in [0.1, 0.15) is 12.1 Å². The summed E-state index contributed by atoms with van der Waals surface area (Å²) in [5, 5.41) is 0. The molecular weight excluding hydrogens is 354 g/mol. The number of aromatic nitrogens is 4. The van der Waals surface area contributed by atoms with Crippen molar-refractivity contribution in [3.63, 3.8) is 0 Å². The summed E-state index contributed by atoms with van der Waals surface area (Å²) in [5.41, 5.74) is 1.18. The number of anilines is 1. The Bertz CT molecular complexity index is 988. The molecule has 5 rings (SSSR count). The molecular formula is C21H21N5O2. The first kappa shape index (κ1) is 16.8. The maximum absolute atomic E-state index is 5.57. The van der Waals surface area contributed by atoms with Crippen molar-refractivity contribution in [1.29, 1.82) is 0 Å². The summed E-state index contributed by atoms with van der Waals surface area (Å²) in [5.74, 6) is 3.32. The van der Waals surface area contributed by atoms with Gasteiger partial charge >= 0.3 is 0 Å². The number of hydrogen-bond donors (Lipinski definition) is 0. The van der Waals surface area contributed by atoms with Crippen LogP contribution in [0.2, 0.25) is 0 Å². The summed E-state index contributed by atoms with van der Waals surface area (Å²) in [6, 6.07) is 8.41. The van der Waals surface area contributed by atoms with Crippen LogP contribution in [0.15, 0.2) is 61.8 Å². The molecule has 1 fully saturated rings. The second kappa shape index (κ2) is 6.99. The van der Waals surface area contributed by atoms with Gasteiger partial charge in [0.15, 0.2) is 11.5 Å². The van der Waals surface area contributed by atoms with Crippen LogP contribution >= 0.6 is 0 Å². The predicted molar refractivity (Wildman–Crippen MR) is 105 cm³/mol. The molecule has 0 radical (unpaired) electrons. The van der Waals surface area contributed by atoms with Crippen molar-refractivity contribution >= 4 is 5.82 Å². The van der Waals surface area contributed by atoms with Crippen molar-refractivity contribution in [3.8, 4) is 17.4 Å². The molecule has 0 amide bonds. The molecule has 3 aromatic rings. The van der Waals surface area contributed by atoms with Gasteiger partial charge in [-0.3, -0.25) is 4.57 Å². The van der Waals surface area contributed by atoms with Crippen molar-refractivity contribution in [2.24, 2.45) is 0 Å². The summed E-state index contributed by atoms with van der Waals surface area (Å²) in [6.07, 6.45) is 11.3. The number of nitrogens with zero attached hydrogens (tertiary/aromatic N) is 5. The van der Waals surface area contributed by atoms with Crippen LogP contribution in [0.1, 0.15) is 24.3 Å². The van der Waals surface area contributed by atoms with Gasteiger partial charge in [-0.2, -0.15) is 4.98 Å². The fourth-order valence-corrected chi connectivity index (χ4v) is 4.09. The second-order valence-corrected chi connectivity index (χ2v) is 6.96. The molecule has 0 aliphatic carbocycles. The van der Waals surface area contributed by atoms with E-state index in [1.54, 1.807) is 18.7 Å². The van der Waals surface area contributed by atoms with Crippen LogP contribution in [0.3, 0.4) is 0 Å². The Morgan fingerprint density at radius 3 is 2.96 bits per heavy atom. The molecule has 1 aromatic carbocycles. The second-order valence-electron chi connectivity index (χ2n) is 6.96. The molecule has 2 unspecified atom stereocenters. The van der Waals surface area contributed by atoms with E-state index >= 15 is 0 Å². The largest absolute Gasteiger partial charge is 0.454 e. The first-order valence-electron chi connectivity index (χ1n) is 9.43. The van der Waals surface area contributed by atoms with Gasteiger partial charge in [-0.25, -0.2) is 9.97 Å². The molecule has 2 atom stereocenters. The molecule has 7 nitrogen and oxygen atoms in total. The molecule has 0 saturated carbocycles. The molecule has 1 saturated heterocycles. The van der Waals surface area contributed by atoms with Gasteiger partial charge in [0.05, 0.1) is 0 Å². The number of imidazole rings is 1. The van der Waals surface area contributed by atoms with Crippen LogP contribution in [0.4, 0.5) is 5.82 Å². The third kappa shape index (κ3) is 2.89. The maximum atomic E-state index is 5.57. The number of hydrogen-bond acceptors (Lipinski definition) is 6. The van der Waals surface area contributed by atoms with Crippen LogP contribution in [-0.2, 0) is 0 Å². The molecule has 28 heavy (non-hydrogen) atoms. The van der Waals surface area contributed by atoms with Gasteiger partial charge in [-0.05, 0) is 36.6 Å². The van der Waals surface area contributed by atoms with Crippen LogP contribution in [0, 0.1) is 0 Å². The molecule has 0 bridgehead atoms. The van der Waals surface area contributed by atoms with E-state index in [4.69, 9.17) is 14.5 Å². The van der Waals surface area contributed by atoms with Crippen LogP contribution in [-0.4, -0.2) is 38.9 Å². The van der Waals surface area contributed by atoms with Crippen molar-refractivity contribution < 1.29 is 9.47 Å². The number of rotatable bonds is 5. The number of ether oxygens (including phenoxy) is 2. The highest BCUT2D eigenvalue weighted by atomic mass is 16.7. The van der Waals surface area contributed by atoms with Gasteiger partial charge < -0.3 is 14.4 Å². The third-order valence-electron chi connectivity index (χ3n) is 5.41. The lowest BCUT2D eigenvalue weighted by atomic mass is 9.89. The highest BCUT2D eigenvalue weighted by molar-refractivity contribution is 5.49. The van der Waals surface area contributed by atoms with Gasteiger partial charge in [0.2, 0.25) is 12.7 Å². The quantitative estimate of drug-likeness (QED) is 0.638. The molecule has 7 heteroatoms. The monoisotopic (exact) mass is 375 g/mol. The molecule has 2 aliphatic heterocycles. The smallest absolute Gasteiger partial charge is 0.236 e. The Kier molecular flexibility index (Phi) is 4.20. The Labute approximate surface area is 163 Å². The lowest BCUT2D eigenvalue weighted by Crippen LogP contribution is -2.34. The van der Waals surface area contributed by atoms with Gasteiger partial charge in [-0.15, -0.1) is 6.58 Å². The van der Waals surface area contributed by atoms with Crippen molar-refractivity contribution in [1.82, 2.24) is 19.5 Å². The molecule has 2 aromatic heterocycles. The van der Waals surface area contributed by atoms with E-state index in [1.807, 2.05) is 29.0 Å². The van der Waals surface area contributed by atoms with Crippen LogP contribution < -0.4 is 14.4 Å². The fourth-order valence-electron chi connectivity index (χ4n) is 4.09. The Morgan fingerprint density at radius 2 is 2.11 bits per heavy atom. The van der Waals surface area contributed by atoms with E-state index in [2.05, 4.69) is 33.6 Å². The average Bonchev–Trinajstić information content (AvgIpc) is 3.49. The first-order valence-corrected chi connectivity index (χ1v) is 9.43. The summed E-state index contributed by atoms with van der Waals surface area (Å²) in [7, 11) is 0. The topological polar surface area (TPSA) is 65.3 Å². The van der Waals surface area contributed by atoms with E-state index in [0.717, 1.165) is 36.7 Å². The van der Waals surface area contributed by atoms with Gasteiger partial charge in [-0.1, -0.05) is 12.1 Å². The zero-order valence-electron chi connectivity index (χ0n) is 15.4. The standard InChI is InChI=1S/C21H21N5O2/c1-2-16(15-5-6-18-19(12-15)28-14-27-18)17-4-3-10-26(17)20-7-8-23-21(24-20)25-11-9-22-13-25/h2,5-9,11-13,16-17H,1,3-4,10,14H2. The zero-order chi connectivity index (χ0) is 18.9. The fraction of sp³-hybridized carbons (Fsp3) is 0.286. The Balaban J connectivity index is 1.46. The lowest BCUT2D eigenvalue weighted by molar-refractivity contribution is 0.174. The summed E-state index contributed by atoms with van der Waals surface area (Å²) in [6.45, 7) is 5.36. The lowest BCUT2D eigenvalue weighted by Gasteiger charge is -2.31. The SMILES string of the molecule is C=CC(c1ccc2c(c1)OCO2)C1CCCN1c1ccnc(-n2ccnc2)n1. The van der Waals surface area contributed by atoms with Crippen LogP contribution in [0.5, 0.6) is 11.5 Å². The summed E-state index contributed by atoms with van der Waals surface area (Å²) in [4.78, 5) is 15.6. The van der Waals surface area contributed by atoms with Gasteiger partial charge in [0.25, 0.3) is 0 Å². The van der Waals surface area contributed by atoms with Crippen molar-refractivity contribution in [2.75, 3.05) is 18.2 Å². The maximum Gasteiger partial charge on any atom is 0.236 e. The van der Waals surface area contributed by atoms with Crippen molar-refractivity contribution in [2.45, 2.75) is 24.8 Å². The molecule has 4 heterocycles. The van der Waals surface area contributed by atoms with E-state index in [-0.39, 0.29) is 18.8 Å². The summed E-state index contributed by atoms with van der Waals surface area (Å²) < 4.78 is 12.8. The highest BCUT2D eigenvalue weighted by Gasteiger charge is 2.33. The number of benzene rings is 1. The van der Waals surface area contributed by atoms with Crippen molar-refractivity contribution in [3.05, 3.63) is 67.4 Å². The minimum Gasteiger partial charge on any atom is -0.454 e. The normalized spacial score (nSPS) is 19.0. The summed E-state index contributed by atoms with van der Waals surface area (Å²) >= 11 is 0. The first-order chi connectivity index (χ1) is 13.8. The molecule has 2 aliphatic rings. The molecule has 0 N–H and O–H groups in total. The molecule has 0 spiro atoms. The van der Waals surface area contributed by atoms with E-state index in [9.17, 15) is 0 Å². The zero-order valence-corrected chi connectivity index (χ0v) is 15.4. The average molecular weight is 375 g/mol. The van der Waals surface area contributed by atoms with E-state index in [1.165, 1.54) is 5.56 Å². The minimum absolute atomic E-state index is 0.170. The van der Waals surface area contributed by atoms with E-state index in [0.29, 0.717) is 5.95 Å². The van der Waals surface area contributed by atoms with E-state index < -0.39 is 0 Å². The van der Waals surface area contributed by atoms with Gasteiger partial charge in [0, 0.05) is 37.1 Å². The van der Waals surface area contributed by atoms with Crippen LogP contribution in [0.25, 0.3) is 5.95 Å². The Hall–Kier alpha value is -3.35. The molecule has 142 valence electrons. The Morgan fingerprint density at radius 1 is 1.18 bits per heavy atom. The number of fused-ring (bicyclic) bond motifs is 1. The predicted octanol–water partition coefficient (Wildman–Crippen LogP) is 3.33. The third-order valence-corrected chi connectivity index (χ3v) is 5.41. The highest BCUT2D eigenvalue weighted by Crippen LogP contribution is 2.39. The minimum atomic E-state index is 0.170.